The zero-order valence-corrected chi connectivity index (χ0v) is 19.4. The first-order chi connectivity index (χ1) is 14.7. The zero-order valence-electron chi connectivity index (χ0n) is 17.1. The van der Waals surface area contributed by atoms with Crippen LogP contribution in [0.5, 0.6) is 0 Å². The van der Waals surface area contributed by atoms with Crippen LogP contribution in [0.4, 0.5) is 5.69 Å². The second-order valence-electron chi connectivity index (χ2n) is 8.22. The quantitative estimate of drug-likeness (QED) is 0.697. The molecule has 166 valence electrons. The van der Waals surface area contributed by atoms with E-state index in [2.05, 4.69) is 4.90 Å². The molecule has 6 nitrogen and oxygen atoms in total. The molecule has 0 spiro atoms. The SMILES string of the molecule is CC(C(=O)O)C1Cc2ccc(S(=O)(=O)N3CCN(c4ccc(Cl)c(Cl)c4)CC3)cc2C1. The summed E-state index contributed by atoms with van der Waals surface area (Å²) in [6, 6.07) is 10.6. The van der Waals surface area contributed by atoms with Gasteiger partial charge < -0.3 is 10.0 Å². The number of carbonyl (C=O) groups is 1. The largest absolute Gasteiger partial charge is 0.481 e. The van der Waals surface area contributed by atoms with Crippen molar-refractivity contribution in [1.29, 1.82) is 0 Å². The van der Waals surface area contributed by atoms with Gasteiger partial charge in [-0.25, -0.2) is 8.42 Å². The normalized spacial score (nSPS) is 20.5. The number of sulfonamides is 1. The highest BCUT2D eigenvalue weighted by atomic mass is 35.5. The van der Waals surface area contributed by atoms with E-state index in [1.165, 1.54) is 4.31 Å². The molecule has 1 N–H and O–H groups in total. The third-order valence-corrected chi connectivity index (χ3v) is 9.02. The number of aliphatic carboxylic acids is 1. The van der Waals surface area contributed by atoms with Gasteiger partial charge in [-0.3, -0.25) is 4.79 Å². The number of hydrogen-bond acceptors (Lipinski definition) is 4. The van der Waals surface area contributed by atoms with E-state index < -0.39 is 21.9 Å². The number of piperazine rings is 1. The van der Waals surface area contributed by atoms with Crippen molar-refractivity contribution < 1.29 is 18.3 Å². The summed E-state index contributed by atoms with van der Waals surface area (Å²) < 4.78 is 28.0. The van der Waals surface area contributed by atoms with Crippen molar-refractivity contribution in [2.45, 2.75) is 24.7 Å². The van der Waals surface area contributed by atoms with Gasteiger partial charge in [0.25, 0.3) is 0 Å². The van der Waals surface area contributed by atoms with Crippen molar-refractivity contribution in [3.8, 4) is 0 Å². The van der Waals surface area contributed by atoms with Gasteiger partial charge in [-0.15, -0.1) is 0 Å². The average Bonchev–Trinajstić information content (AvgIpc) is 3.18. The number of benzene rings is 2. The lowest BCUT2D eigenvalue weighted by Crippen LogP contribution is -2.48. The molecule has 1 aliphatic heterocycles. The molecule has 4 rings (SSSR count). The Kier molecular flexibility index (Phi) is 6.23. The zero-order chi connectivity index (χ0) is 22.3. The molecule has 2 aliphatic rings. The number of nitrogens with zero attached hydrogens (tertiary/aromatic N) is 2. The van der Waals surface area contributed by atoms with E-state index in [1.54, 1.807) is 31.2 Å². The van der Waals surface area contributed by atoms with Gasteiger partial charge in [0.2, 0.25) is 10.0 Å². The Morgan fingerprint density at radius 3 is 2.32 bits per heavy atom. The van der Waals surface area contributed by atoms with Crippen LogP contribution >= 0.6 is 23.2 Å². The van der Waals surface area contributed by atoms with Crippen LogP contribution in [0.1, 0.15) is 18.1 Å². The van der Waals surface area contributed by atoms with E-state index >= 15 is 0 Å². The van der Waals surface area contributed by atoms with Gasteiger partial charge >= 0.3 is 5.97 Å². The van der Waals surface area contributed by atoms with Crippen LogP contribution in [0.25, 0.3) is 0 Å². The van der Waals surface area contributed by atoms with Gasteiger partial charge in [0, 0.05) is 31.9 Å². The molecule has 0 radical (unpaired) electrons. The van der Waals surface area contributed by atoms with Crippen LogP contribution in [0.3, 0.4) is 0 Å². The number of anilines is 1. The Balaban J connectivity index is 1.46. The van der Waals surface area contributed by atoms with Crippen molar-refractivity contribution in [1.82, 2.24) is 4.31 Å². The number of carboxylic acid groups (broad SMARTS) is 1. The molecule has 0 bridgehead atoms. The van der Waals surface area contributed by atoms with Crippen molar-refractivity contribution >= 4 is 44.9 Å². The van der Waals surface area contributed by atoms with Crippen LogP contribution in [0, 0.1) is 11.8 Å². The Labute approximate surface area is 192 Å². The summed E-state index contributed by atoms with van der Waals surface area (Å²) >= 11 is 12.1. The molecule has 0 amide bonds. The fourth-order valence-electron chi connectivity index (χ4n) is 4.36. The summed E-state index contributed by atoms with van der Waals surface area (Å²) in [4.78, 5) is 13.7. The van der Waals surface area contributed by atoms with Gasteiger partial charge in [-0.05, 0) is 60.2 Å². The number of halogens is 2. The Hall–Kier alpha value is -1.80. The van der Waals surface area contributed by atoms with Crippen LogP contribution in [-0.2, 0) is 27.7 Å². The second-order valence-corrected chi connectivity index (χ2v) is 11.0. The van der Waals surface area contributed by atoms with Gasteiger partial charge in [0.15, 0.2) is 0 Å². The lowest BCUT2D eigenvalue weighted by atomic mass is 9.91. The molecule has 31 heavy (non-hydrogen) atoms. The Morgan fingerprint density at radius 2 is 1.68 bits per heavy atom. The Bertz CT molecular complexity index is 1110. The fraction of sp³-hybridized carbons (Fsp3) is 0.409. The molecule has 1 fully saturated rings. The van der Waals surface area contributed by atoms with Crippen LogP contribution in [0.2, 0.25) is 10.0 Å². The van der Waals surface area contributed by atoms with Gasteiger partial charge in [0.1, 0.15) is 0 Å². The molecule has 9 heteroatoms. The molecule has 1 saturated heterocycles. The predicted octanol–water partition coefficient (Wildman–Crippen LogP) is 3.94. The minimum absolute atomic E-state index is 0.000184. The summed E-state index contributed by atoms with van der Waals surface area (Å²) in [5.41, 5.74) is 2.90. The lowest BCUT2D eigenvalue weighted by Gasteiger charge is -2.35. The van der Waals surface area contributed by atoms with Crippen molar-refractivity contribution in [3.63, 3.8) is 0 Å². The highest BCUT2D eigenvalue weighted by Gasteiger charge is 2.33. The molecule has 1 heterocycles. The smallest absolute Gasteiger partial charge is 0.306 e. The number of carboxylic acids is 1. The molecule has 2 atom stereocenters. The number of fused-ring (bicyclic) bond motifs is 1. The highest BCUT2D eigenvalue weighted by Crippen LogP contribution is 2.34. The summed E-state index contributed by atoms with van der Waals surface area (Å²) in [6.45, 7) is 3.57. The third kappa shape index (κ3) is 4.42. The molecule has 2 aromatic carbocycles. The fourth-order valence-corrected chi connectivity index (χ4v) is 6.13. The molecule has 0 aromatic heterocycles. The van der Waals surface area contributed by atoms with Crippen molar-refractivity contribution in [3.05, 3.63) is 57.6 Å². The van der Waals surface area contributed by atoms with Crippen LogP contribution in [0.15, 0.2) is 41.3 Å². The summed E-state index contributed by atoms with van der Waals surface area (Å²) in [5.74, 6) is -1.27. The van der Waals surface area contributed by atoms with E-state index in [-0.39, 0.29) is 10.8 Å². The molecule has 1 aliphatic carbocycles. The van der Waals surface area contributed by atoms with Crippen molar-refractivity contribution in [2.24, 2.45) is 11.8 Å². The molecule has 2 aromatic rings. The maximum Gasteiger partial charge on any atom is 0.306 e. The van der Waals surface area contributed by atoms with Crippen molar-refractivity contribution in [2.75, 3.05) is 31.1 Å². The molecule has 2 unspecified atom stereocenters. The minimum atomic E-state index is -3.61. The number of hydrogen-bond donors (Lipinski definition) is 1. The monoisotopic (exact) mass is 482 g/mol. The first kappa shape index (κ1) is 22.4. The van der Waals surface area contributed by atoms with E-state index in [4.69, 9.17) is 23.2 Å². The lowest BCUT2D eigenvalue weighted by molar-refractivity contribution is -0.142. The summed E-state index contributed by atoms with van der Waals surface area (Å²) in [5, 5.41) is 10.3. The van der Waals surface area contributed by atoms with E-state index in [1.807, 2.05) is 12.1 Å². The predicted molar refractivity (Wildman–Crippen MR) is 122 cm³/mol. The van der Waals surface area contributed by atoms with Gasteiger partial charge in [-0.1, -0.05) is 36.2 Å². The highest BCUT2D eigenvalue weighted by molar-refractivity contribution is 7.89. The second kappa shape index (κ2) is 8.62. The maximum atomic E-state index is 13.2. The van der Waals surface area contributed by atoms with E-state index in [0.29, 0.717) is 49.1 Å². The average molecular weight is 483 g/mol. The Morgan fingerprint density at radius 1 is 1.00 bits per heavy atom. The number of rotatable bonds is 5. The van der Waals surface area contributed by atoms with Gasteiger partial charge in [-0.2, -0.15) is 4.31 Å². The summed E-state index contributed by atoms with van der Waals surface area (Å²) in [6.07, 6.45) is 1.27. The van der Waals surface area contributed by atoms with Gasteiger partial charge in [0.05, 0.1) is 20.9 Å². The topological polar surface area (TPSA) is 77.9 Å². The molecular formula is C22H24Cl2N2O4S. The standard InChI is InChI=1S/C22H24Cl2N2O4S/c1-14(22(27)28)16-10-15-2-4-19(12-17(15)11-16)31(29,30)26-8-6-25(7-9-26)18-3-5-20(23)21(24)13-18/h2-5,12-14,16H,6-11H2,1H3,(H,27,28). The molecular weight excluding hydrogens is 459 g/mol. The van der Waals surface area contributed by atoms with E-state index in [9.17, 15) is 18.3 Å². The molecule has 0 saturated carbocycles. The van der Waals surface area contributed by atoms with Crippen LogP contribution in [-0.4, -0.2) is 50.0 Å². The first-order valence-corrected chi connectivity index (χ1v) is 12.4. The first-order valence-electron chi connectivity index (χ1n) is 10.2. The minimum Gasteiger partial charge on any atom is -0.481 e. The summed E-state index contributed by atoms with van der Waals surface area (Å²) in [7, 11) is -3.61. The van der Waals surface area contributed by atoms with E-state index in [0.717, 1.165) is 16.8 Å². The maximum absolute atomic E-state index is 13.2. The third-order valence-electron chi connectivity index (χ3n) is 6.38. The van der Waals surface area contributed by atoms with Crippen LogP contribution < -0.4 is 4.90 Å².